The molecule has 0 saturated heterocycles. The van der Waals surface area contributed by atoms with Gasteiger partial charge in [-0.3, -0.25) is 0 Å². The molecule has 3 heteroatoms. The number of hydrogen-bond acceptors (Lipinski definition) is 3. The summed E-state index contributed by atoms with van der Waals surface area (Å²) in [4.78, 5) is 0. The molecule has 0 bridgehead atoms. The molecule has 0 radical (unpaired) electrons. The van der Waals surface area contributed by atoms with Crippen molar-refractivity contribution in [3.8, 4) is 11.3 Å². The smallest absolute Gasteiger partial charge is 0.149 e. The van der Waals surface area contributed by atoms with Gasteiger partial charge in [-0.15, -0.1) is 10.2 Å². The molecular formula is C16H15N3. The molecule has 3 rings (SSSR count). The van der Waals surface area contributed by atoms with Gasteiger partial charge in [0.2, 0.25) is 0 Å². The Morgan fingerprint density at radius 1 is 0.842 bits per heavy atom. The Morgan fingerprint density at radius 2 is 1.58 bits per heavy atom. The van der Waals surface area contributed by atoms with E-state index in [0.717, 1.165) is 22.4 Å². The van der Waals surface area contributed by atoms with Crippen molar-refractivity contribution < 1.29 is 0 Å². The van der Waals surface area contributed by atoms with Crippen LogP contribution in [0.2, 0.25) is 0 Å². The summed E-state index contributed by atoms with van der Waals surface area (Å²) in [6.45, 7) is 4.01. The number of benzene rings is 2. The highest BCUT2D eigenvalue weighted by molar-refractivity contribution is 5.87. The number of rotatable bonds is 1. The van der Waals surface area contributed by atoms with E-state index in [-0.39, 0.29) is 0 Å². The van der Waals surface area contributed by atoms with E-state index in [4.69, 9.17) is 5.73 Å². The van der Waals surface area contributed by atoms with Gasteiger partial charge in [-0.05, 0) is 41.8 Å². The van der Waals surface area contributed by atoms with E-state index in [1.54, 1.807) is 0 Å². The van der Waals surface area contributed by atoms with Crippen LogP contribution in [0.1, 0.15) is 11.1 Å². The van der Waals surface area contributed by atoms with E-state index >= 15 is 0 Å². The van der Waals surface area contributed by atoms with Crippen LogP contribution in [-0.4, -0.2) is 10.2 Å². The first-order valence-electron chi connectivity index (χ1n) is 6.25. The molecule has 94 valence electrons. The van der Waals surface area contributed by atoms with Crippen LogP contribution in [0.4, 0.5) is 5.82 Å². The molecule has 0 aliphatic carbocycles. The standard InChI is InChI=1S/C16H15N3/c1-10-11(2)16(17)19-18-15(10)14-8-7-12-5-3-4-6-13(12)9-14/h3-9H,1-2H3,(H2,17,19). The summed E-state index contributed by atoms with van der Waals surface area (Å²) < 4.78 is 0. The van der Waals surface area contributed by atoms with Crippen LogP contribution in [-0.2, 0) is 0 Å². The molecule has 0 aliphatic rings. The van der Waals surface area contributed by atoms with Gasteiger partial charge in [-0.1, -0.05) is 36.4 Å². The average Bonchev–Trinajstić information content (AvgIpc) is 2.44. The highest BCUT2D eigenvalue weighted by atomic mass is 15.1. The number of fused-ring (bicyclic) bond motifs is 1. The Morgan fingerprint density at radius 3 is 2.37 bits per heavy atom. The Balaban J connectivity index is 2.22. The van der Waals surface area contributed by atoms with Gasteiger partial charge in [0.25, 0.3) is 0 Å². The monoisotopic (exact) mass is 249 g/mol. The lowest BCUT2D eigenvalue weighted by molar-refractivity contribution is 1.02. The van der Waals surface area contributed by atoms with Crippen molar-refractivity contribution in [3.05, 3.63) is 53.6 Å². The molecule has 1 heterocycles. The summed E-state index contributed by atoms with van der Waals surface area (Å²) in [5, 5.41) is 10.7. The Kier molecular flexibility index (Phi) is 2.67. The van der Waals surface area contributed by atoms with Gasteiger partial charge in [0.05, 0.1) is 5.69 Å². The summed E-state index contributed by atoms with van der Waals surface area (Å²) in [6.07, 6.45) is 0. The van der Waals surface area contributed by atoms with Crippen molar-refractivity contribution >= 4 is 16.6 Å². The van der Waals surface area contributed by atoms with Crippen molar-refractivity contribution in [2.45, 2.75) is 13.8 Å². The number of nitrogens with two attached hydrogens (primary N) is 1. The summed E-state index contributed by atoms with van der Waals surface area (Å²) in [7, 11) is 0. The Hall–Kier alpha value is -2.42. The van der Waals surface area contributed by atoms with Crippen LogP contribution in [0.15, 0.2) is 42.5 Å². The van der Waals surface area contributed by atoms with Gasteiger partial charge in [0, 0.05) is 5.56 Å². The second kappa shape index (κ2) is 4.35. The SMILES string of the molecule is Cc1c(N)nnc(-c2ccc3ccccc3c2)c1C. The topological polar surface area (TPSA) is 51.8 Å². The molecule has 0 fully saturated rings. The fraction of sp³-hybridized carbons (Fsp3) is 0.125. The minimum Gasteiger partial charge on any atom is -0.382 e. The van der Waals surface area contributed by atoms with E-state index in [1.807, 2.05) is 26.0 Å². The van der Waals surface area contributed by atoms with Crippen LogP contribution in [0, 0.1) is 13.8 Å². The molecule has 0 spiro atoms. The third kappa shape index (κ3) is 1.93. The minimum absolute atomic E-state index is 0.502. The lowest BCUT2D eigenvalue weighted by Gasteiger charge is -2.09. The summed E-state index contributed by atoms with van der Waals surface area (Å²) in [6, 6.07) is 14.6. The zero-order valence-corrected chi connectivity index (χ0v) is 11.0. The predicted octanol–water partition coefficient (Wildman–Crippen LogP) is 3.50. The number of aromatic nitrogens is 2. The van der Waals surface area contributed by atoms with Crippen molar-refractivity contribution in [1.82, 2.24) is 10.2 Å². The third-order valence-electron chi connectivity index (χ3n) is 3.58. The Bertz CT molecular complexity index is 763. The number of hydrogen-bond donors (Lipinski definition) is 1. The molecule has 0 amide bonds. The molecule has 3 nitrogen and oxygen atoms in total. The lowest BCUT2D eigenvalue weighted by atomic mass is 10.0. The van der Waals surface area contributed by atoms with Gasteiger partial charge in [-0.2, -0.15) is 0 Å². The normalized spacial score (nSPS) is 10.8. The molecular weight excluding hydrogens is 234 g/mol. The van der Waals surface area contributed by atoms with Crippen molar-refractivity contribution in [2.24, 2.45) is 0 Å². The van der Waals surface area contributed by atoms with E-state index in [9.17, 15) is 0 Å². The van der Waals surface area contributed by atoms with Gasteiger partial charge in [0.15, 0.2) is 0 Å². The summed E-state index contributed by atoms with van der Waals surface area (Å²) in [5.41, 5.74) is 9.84. The van der Waals surface area contributed by atoms with Crippen molar-refractivity contribution in [2.75, 3.05) is 5.73 Å². The van der Waals surface area contributed by atoms with Crippen molar-refractivity contribution in [3.63, 3.8) is 0 Å². The zero-order valence-electron chi connectivity index (χ0n) is 11.0. The molecule has 3 aromatic rings. The molecule has 0 atom stereocenters. The maximum Gasteiger partial charge on any atom is 0.149 e. The summed E-state index contributed by atoms with van der Waals surface area (Å²) in [5.74, 6) is 0.502. The fourth-order valence-electron chi connectivity index (χ4n) is 2.23. The number of anilines is 1. The molecule has 1 aromatic heterocycles. The van der Waals surface area contributed by atoms with Crippen molar-refractivity contribution in [1.29, 1.82) is 0 Å². The van der Waals surface area contributed by atoms with Gasteiger partial charge >= 0.3 is 0 Å². The van der Waals surface area contributed by atoms with E-state index in [0.29, 0.717) is 5.82 Å². The van der Waals surface area contributed by atoms with Crippen LogP contribution < -0.4 is 5.73 Å². The first-order valence-corrected chi connectivity index (χ1v) is 6.25. The lowest BCUT2D eigenvalue weighted by Crippen LogP contribution is -2.01. The zero-order chi connectivity index (χ0) is 13.4. The van der Waals surface area contributed by atoms with Gasteiger partial charge in [-0.25, -0.2) is 0 Å². The molecule has 0 aliphatic heterocycles. The van der Waals surface area contributed by atoms with Gasteiger partial charge < -0.3 is 5.73 Å². The molecule has 0 unspecified atom stereocenters. The van der Waals surface area contributed by atoms with E-state index < -0.39 is 0 Å². The largest absolute Gasteiger partial charge is 0.382 e. The molecule has 0 saturated carbocycles. The Labute approximate surface area is 112 Å². The second-order valence-electron chi connectivity index (χ2n) is 4.75. The molecule has 19 heavy (non-hydrogen) atoms. The predicted molar refractivity (Wildman–Crippen MR) is 78.9 cm³/mol. The highest BCUT2D eigenvalue weighted by Gasteiger charge is 2.09. The van der Waals surface area contributed by atoms with Crippen LogP contribution in [0.5, 0.6) is 0 Å². The average molecular weight is 249 g/mol. The minimum atomic E-state index is 0.502. The number of nitrogen functional groups attached to an aromatic ring is 1. The van der Waals surface area contributed by atoms with E-state index in [1.165, 1.54) is 10.8 Å². The maximum atomic E-state index is 5.78. The van der Waals surface area contributed by atoms with Crippen LogP contribution in [0.3, 0.4) is 0 Å². The van der Waals surface area contributed by atoms with Crippen LogP contribution in [0.25, 0.3) is 22.0 Å². The maximum absolute atomic E-state index is 5.78. The quantitative estimate of drug-likeness (QED) is 0.718. The molecule has 2 N–H and O–H groups in total. The highest BCUT2D eigenvalue weighted by Crippen LogP contribution is 2.27. The second-order valence-corrected chi connectivity index (χ2v) is 4.75. The van der Waals surface area contributed by atoms with E-state index in [2.05, 4.69) is 40.5 Å². The molecule has 2 aromatic carbocycles. The number of nitrogens with zero attached hydrogens (tertiary/aromatic N) is 2. The third-order valence-corrected chi connectivity index (χ3v) is 3.58. The van der Waals surface area contributed by atoms with Gasteiger partial charge in [0.1, 0.15) is 5.82 Å². The first kappa shape index (κ1) is 11.7. The van der Waals surface area contributed by atoms with Crippen LogP contribution >= 0.6 is 0 Å². The summed E-state index contributed by atoms with van der Waals surface area (Å²) >= 11 is 0. The fourth-order valence-corrected chi connectivity index (χ4v) is 2.23. The first-order chi connectivity index (χ1) is 9.16.